The summed E-state index contributed by atoms with van der Waals surface area (Å²) in [6, 6.07) is 5.66. The molecule has 3 rings (SSSR count). The maximum absolute atomic E-state index is 5.91. The molecule has 0 saturated carbocycles. The number of halogens is 1. The van der Waals surface area contributed by atoms with Gasteiger partial charge in [-0.1, -0.05) is 11.6 Å². The molecule has 1 saturated heterocycles. The van der Waals surface area contributed by atoms with E-state index < -0.39 is 0 Å². The predicted molar refractivity (Wildman–Crippen MR) is 77.7 cm³/mol. The SMILES string of the molecule is Nc1nc(Cl)cc(N2CCN(Cc3ccco3)CC2)n1. The van der Waals surface area contributed by atoms with Crippen molar-refractivity contribution in [2.24, 2.45) is 0 Å². The molecule has 0 bridgehead atoms. The van der Waals surface area contributed by atoms with E-state index in [0.29, 0.717) is 5.15 Å². The highest BCUT2D eigenvalue weighted by Crippen LogP contribution is 2.19. The number of hydrogen-bond donors (Lipinski definition) is 1. The summed E-state index contributed by atoms with van der Waals surface area (Å²) < 4.78 is 5.37. The summed E-state index contributed by atoms with van der Waals surface area (Å²) in [6.45, 7) is 4.50. The van der Waals surface area contributed by atoms with Gasteiger partial charge in [0.1, 0.15) is 16.7 Å². The van der Waals surface area contributed by atoms with Crippen molar-refractivity contribution in [2.45, 2.75) is 6.54 Å². The molecule has 0 atom stereocenters. The Morgan fingerprint density at radius 1 is 1.25 bits per heavy atom. The number of nitrogen functional groups attached to an aromatic ring is 1. The van der Waals surface area contributed by atoms with E-state index in [1.54, 1.807) is 12.3 Å². The summed E-state index contributed by atoms with van der Waals surface area (Å²) in [5, 5.41) is 0.380. The average molecular weight is 294 g/mol. The fraction of sp³-hybridized carbons (Fsp3) is 0.385. The normalized spacial score (nSPS) is 16.6. The summed E-state index contributed by atoms with van der Waals surface area (Å²) in [6.07, 6.45) is 1.71. The summed E-state index contributed by atoms with van der Waals surface area (Å²) in [5.74, 6) is 2.00. The molecule has 106 valence electrons. The van der Waals surface area contributed by atoms with E-state index in [1.807, 2.05) is 12.1 Å². The number of piperazine rings is 1. The van der Waals surface area contributed by atoms with Crippen LogP contribution in [0, 0.1) is 0 Å². The number of nitrogens with zero attached hydrogens (tertiary/aromatic N) is 4. The molecule has 0 spiro atoms. The molecule has 7 heteroatoms. The molecule has 2 N–H and O–H groups in total. The molecule has 1 fully saturated rings. The van der Waals surface area contributed by atoms with Crippen LogP contribution < -0.4 is 10.6 Å². The Hall–Kier alpha value is -1.79. The molecular formula is C13H16ClN5O. The molecule has 0 amide bonds. The van der Waals surface area contributed by atoms with Gasteiger partial charge in [0.25, 0.3) is 0 Å². The Kier molecular flexibility index (Phi) is 3.75. The molecule has 2 aromatic rings. The second-order valence-electron chi connectivity index (χ2n) is 4.75. The highest BCUT2D eigenvalue weighted by atomic mass is 35.5. The number of nitrogens with two attached hydrogens (primary N) is 1. The number of anilines is 2. The minimum atomic E-state index is 0.213. The molecule has 0 aliphatic carbocycles. The molecule has 0 unspecified atom stereocenters. The quantitative estimate of drug-likeness (QED) is 0.867. The van der Waals surface area contributed by atoms with Gasteiger partial charge in [-0.3, -0.25) is 4.90 Å². The maximum atomic E-state index is 5.91. The monoisotopic (exact) mass is 293 g/mol. The first-order valence-corrected chi connectivity index (χ1v) is 6.88. The smallest absolute Gasteiger partial charge is 0.223 e. The van der Waals surface area contributed by atoms with Crippen LogP contribution >= 0.6 is 11.6 Å². The van der Waals surface area contributed by atoms with Crippen LogP contribution in [0.1, 0.15) is 5.76 Å². The topological polar surface area (TPSA) is 71.4 Å². The Balaban J connectivity index is 1.60. The third-order valence-corrected chi connectivity index (χ3v) is 3.55. The first-order valence-electron chi connectivity index (χ1n) is 6.50. The van der Waals surface area contributed by atoms with Gasteiger partial charge in [0.2, 0.25) is 5.95 Å². The third kappa shape index (κ3) is 3.02. The fourth-order valence-electron chi connectivity index (χ4n) is 2.34. The zero-order valence-corrected chi connectivity index (χ0v) is 11.8. The number of rotatable bonds is 3. The number of furan rings is 1. The minimum absolute atomic E-state index is 0.213. The van der Waals surface area contributed by atoms with Gasteiger partial charge in [-0.15, -0.1) is 0 Å². The lowest BCUT2D eigenvalue weighted by molar-refractivity contribution is 0.230. The standard InChI is InChI=1S/C13H16ClN5O/c14-11-8-12(17-13(15)16-11)19-5-3-18(4-6-19)9-10-2-1-7-20-10/h1-2,7-8H,3-6,9H2,(H2,15,16,17). The van der Waals surface area contributed by atoms with Crippen molar-refractivity contribution >= 4 is 23.4 Å². The third-order valence-electron chi connectivity index (χ3n) is 3.35. The average Bonchev–Trinajstić information content (AvgIpc) is 2.91. The van der Waals surface area contributed by atoms with E-state index in [1.165, 1.54) is 0 Å². The molecule has 0 aromatic carbocycles. The molecule has 0 radical (unpaired) electrons. The molecule has 2 aromatic heterocycles. The second kappa shape index (κ2) is 5.68. The van der Waals surface area contributed by atoms with Gasteiger partial charge >= 0.3 is 0 Å². The van der Waals surface area contributed by atoms with Crippen molar-refractivity contribution in [3.8, 4) is 0 Å². The van der Waals surface area contributed by atoms with E-state index in [4.69, 9.17) is 21.8 Å². The van der Waals surface area contributed by atoms with E-state index in [9.17, 15) is 0 Å². The van der Waals surface area contributed by atoms with Crippen LogP contribution in [-0.2, 0) is 6.54 Å². The zero-order valence-electron chi connectivity index (χ0n) is 11.0. The van der Waals surface area contributed by atoms with Crippen LogP contribution in [0.3, 0.4) is 0 Å². The van der Waals surface area contributed by atoms with E-state index in [-0.39, 0.29) is 5.95 Å². The maximum Gasteiger partial charge on any atom is 0.223 e. The first-order chi connectivity index (χ1) is 9.70. The molecule has 1 aliphatic rings. The van der Waals surface area contributed by atoms with Crippen LogP contribution in [0.25, 0.3) is 0 Å². The molecule has 3 heterocycles. The van der Waals surface area contributed by atoms with Crippen molar-refractivity contribution in [3.63, 3.8) is 0 Å². The van der Waals surface area contributed by atoms with E-state index >= 15 is 0 Å². The van der Waals surface area contributed by atoms with Crippen LogP contribution in [0.2, 0.25) is 5.15 Å². The van der Waals surface area contributed by atoms with Gasteiger partial charge in [-0.25, -0.2) is 4.98 Å². The minimum Gasteiger partial charge on any atom is -0.468 e. The van der Waals surface area contributed by atoms with Crippen molar-refractivity contribution < 1.29 is 4.42 Å². The summed E-state index contributed by atoms with van der Waals surface area (Å²) >= 11 is 5.91. The van der Waals surface area contributed by atoms with Crippen molar-refractivity contribution in [2.75, 3.05) is 36.8 Å². The fourth-order valence-corrected chi connectivity index (χ4v) is 2.53. The second-order valence-corrected chi connectivity index (χ2v) is 5.14. The lowest BCUT2D eigenvalue weighted by Gasteiger charge is -2.34. The van der Waals surface area contributed by atoms with Crippen molar-refractivity contribution in [3.05, 3.63) is 35.4 Å². The Morgan fingerprint density at radius 3 is 2.70 bits per heavy atom. The Morgan fingerprint density at radius 2 is 2.05 bits per heavy atom. The lowest BCUT2D eigenvalue weighted by atomic mass is 10.3. The first kappa shape index (κ1) is 13.2. The highest BCUT2D eigenvalue weighted by Gasteiger charge is 2.19. The molecule has 6 nitrogen and oxygen atoms in total. The molecular weight excluding hydrogens is 278 g/mol. The Bertz CT molecular complexity index is 546. The van der Waals surface area contributed by atoms with Gasteiger partial charge < -0.3 is 15.1 Å². The van der Waals surface area contributed by atoms with Gasteiger partial charge in [-0.05, 0) is 12.1 Å². The lowest BCUT2D eigenvalue weighted by Crippen LogP contribution is -2.46. The van der Waals surface area contributed by atoms with Crippen LogP contribution in [0.4, 0.5) is 11.8 Å². The zero-order chi connectivity index (χ0) is 13.9. The number of hydrogen-bond acceptors (Lipinski definition) is 6. The summed E-state index contributed by atoms with van der Waals surface area (Å²) in [4.78, 5) is 12.6. The largest absolute Gasteiger partial charge is 0.468 e. The van der Waals surface area contributed by atoms with Gasteiger partial charge in [0.05, 0.1) is 12.8 Å². The van der Waals surface area contributed by atoms with Crippen LogP contribution in [0.15, 0.2) is 28.9 Å². The van der Waals surface area contributed by atoms with E-state index in [0.717, 1.165) is 44.3 Å². The van der Waals surface area contributed by atoms with Crippen molar-refractivity contribution in [1.29, 1.82) is 0 Å². The summed E-state index contributed by atoms with van der Waals surface area (Å²) in [7, 11) is 0. The summed E-state index contributed by atoms with van der Waals surface area (Å²) in [5.41, 5.74) is 5.63. The molecule has 20 heavy (non-hydrogen) atoms. The predicted octanol–water partition coefficient (Wildman–Crippen LogP) is 1.63. The number of aromatic nitrogens is 2. The van der Waals surface area contributed by atoms with Crippen LogP contribution in [-0.4, -0.2) is 41.0 Å². The Labute approximate surface area is 122 Å². The van der Waals surface area contributed by atoms with Gasteiger partial charge in [-0.2, -0.15) is 4.98 Å². The van der Waals surface area contributed by atoms with Crippen LogP contribution in [0.5, 0.6) is 0 Å². The molecule has 1 aliphatic heterocycles. The van der Waals surface area contributed by atoms with Gasteiger partial charge in [0.15, 0.2) is 0 Å². The van der Waals surface area contributed by atoms with Gasteiger partial charge in [0, 0.05) is 32.2 Å². The highest BCUT2D eigenvalue weighted by molar-refractivity contribution is 6.29. The van der Waals surface area contributed by atoms with Crippen molar-refractivity contribution in [1.82, 2.24) is 14.9 Å². The van der Waals surface area contributed by atoms with E-state index in [2.05, 4.69) is 19.8 Å².